The molecule has 0 spiro atoms. The van der Waals surface area contributed by atoms with Gasteiger partial charge in [-0.05, 0) is 49.4 Å². The van der Waals surface area contributed by atoms with Crippen molar-refractivity contribution in [1.82, 2.24) is 15.1 Å². The number of benzene rings is 1. The molecule has 1 aliphatic rings. The van der Waals surface area contributed by atoms with Gasteiger partial charge in [0.25, 0.3) is 0 Å². The van der Waals surface area contributed by atoms with Crippen LogP contribution in [-0.2, 0) is 13.5 Å². The zero-order chi connectivity index (χ0) is 19.6. The van der Waals surface area contributed by atoms with Crippen molar-refractivity contribution in [3.63, 3.8) is 0 Å². The SMILES string of the molecule is C[C@@H](O)c1cc(F)ccc1-c1nn(C)cc1C/C(=C/NCC1CC1)C(=N)Cl. The summed E-state index contributed by atoms with van der Waals surface area (Å²) in [5.41, 5.74) is 3.32. The molecule has 0 amide bonds. The van der Waals surface area contributed by atoms with Crippen LogP contribution in [0, 0.1) is 17.1 Å². The lowest BCUT2D eigenvalue weighted by atomic mass is 9.96. The topological polar surface area (TPSA) is 73.9 Å². The number of halogens is 2. The third-order valence-electron chi connectivity index (χ3n) is 4.67. The summed E-state index contributed by atoms with van der Waals surface area (Å²) < 4.78 is 15.3. The van der Waals surface area contributed by atoms with E-state index in [0.29, 0.717) is 34.7 Å². The third-order valence-corrected chi connectivity index (χ3v) is 4.91. The summed E-state index contributed by atoms with van der Waals surface area (Å²) >= 11 is 5.99. The van der Waals surface area contributed by atoms with Gasteiger partial charge in [0.15, 0.2) is 0 Å². The Morgan fingerprint density at radius 1 is 1.52 bits per heavy atom. The Hall–Kier alpha value is -2.18. The van der Waals surface area contributed by atoms with E-state index in [1.54, 1.807) is 30.9 Å². The standard InChI is InChI=1S/C20H24ClFN4O/c1-12(27)18-8-16(22)5-6-17(18)19-15(11-26(2)25-19)7-14(20(21)23)10-24-9-13-3-4-13/h5-6,8,10-13,23-24,27H,3-4,7,9H2,1-2H3/b14-10-,23-20?/t12-/m1/s1. The summed E-state index contributed by atoms with van der Waals surface area (Å²) in [6.45, 7) is 2.49. The maximum absolute atomic E-state index is 13.7. The van der Waals surface area contributed by atoms with Crippen molar-refractivity contribution in [2.45, 2.75) is 32.3 Å². The van der Waals surface area contributed by atoms with E-state index in [1.807, 2.05) is 6.20 Å². The van der Waals surface area contributed by atoms with E-state index in [-0.39, 0.29) is 5.17 Å². The molecule has 27 heavy (non-hydrogen) atoms. The Labute approximate surface area is 163 Å². The van der Waals surface area contributed by atoms with Crippen LogP contribution in [0.3, 0.4) is 0 Å². The average molecular weight is 391 g/mol. The Bertz CT molecular complexity index is 871. The molecule has 0 bridgehead atoms. The van der Waals surface area contributed by atoms with Crippen LogP contribution in [-0.4, -0.2) is 26.6 Å². The van der Waals surface area contributed by atoms with Crippen molar-refractivity contribution >= 4 is 16.8 Å². The normalized spacial score (nSPS) is 15.7. The summed E-state index contributed by atoms with van der Waals surface area (Å²) in [6.07, 6.45) is 5.73. The van der Waals surface area contributed by atoms with Crippen LogP contribution < -0.4 is 5.32 Å². The van der Waals surface area contributed by atoms with Gasteiger partial charge in [-0.3, -0.25) is 10.1 Å². The van der Waals surface area contributed by atoms with Crippen LogP contribution in [0.25, 0.3) is 11.3 Å². The van der Waals surface area contributed by atoms with Crippen molar-refractivity contribution in [1.29, 1.82) is 5.41 Å². The lowest BCUT2D eigenvalue weighted by Crippen LogP contribution is -2.12. The van der Waals surface area contributed by atoms with E-state index in [1.165, 1.54) is 25.0 Å². The first-order valence-electron chi connectivity index (χ1n) is 9.02. The minimum atomic E-state index is -0.827. The molecule has 1 fully saturated rings. The molecule has 1 aliphatic carbocycles. The molecule has 0 aliphatic heterocycles. The lowest BCUT2D eigenvalue weighted by Gasteiger charge is -2.12. The zero-order valence-corrected chi connectivity index (χ0v) is 16.2. The molecular formula is C20H24ClFN4O. The molecule has 3 rings (SSSR count). The highest BCUT2D eigenvalue weighted by molar-refractivity contribution is 6.68. The first kappa shape index (κ1) is 19.6. The molecule has 1 aromatic carbocycles. The molecule has 5 nitrogen and oxygen atoms in total. The number of hydrogen-bond acceptors (Lipinski definition) is 4. The van der Waals surface area contributed by atoms with E-state index < -0.39 is 11.9 Å². The number of nitrogens with zero attached hydrogens (tertiary/aromatic N) is 2. The van der Waals surface area contributed by atoms with E-state index in [0.717, 1.165) is 12.1 Å². The second kappa shape index (κ2) is 8.23. The van der Waals surface area contributed by atoms with Gasteiger partial charge < -0.3 is 10.4 Å². The highest BCUT2D eigenvalue weighted by Crippen LogP contribution is 2.32. The summed E-state index contributed by atoms with van der Waals surface area (Å²) in [7, 11) is 1.80. The van der Waals surface area contributed by atoms with Crippen LogP contribution in [0.5, 0.6) is 0 Å². The minimum Gasteiger partial charge on any atom is -0.390 e. The number of rotatable bonds is 8. The summed E-state index contributed by atoms with van der Waals surface area (Å²) in [5, 5.41) is 25.6. The number of nitrogens with one attached hydrogen (secondary N) is 2. The predicted octanol–water partition coefficient (Wildman–Crippen LogP) is 3.92. The molecule has 3 N–H and O–H groups in total. The van der Waals surface area contributed by atoms with E-state index in [9.17, 15) is 9.50 Å². The number of aryl methyl sites for hydroxylation is 1. The van der Waals surface area contributed by atoms with E-state index in [2.05, 4.69) is 10.4 Å². The highest BCUT2D eigenvalue weighted by Gasteiger charge is 2.21. The van der Waals surface area contributed by atoms with Crippen LogP contribution in [0.2, 0.25) is 0 Å². The van der Waals surface area contributed by atoms with Gasteiger partial charge in [-0.2, -0.15) is 5.10 Å². The first-order chi connectivity index (χ1) is 12.8. The van der Waals surface area contributed by atoms with Crippen LogP contribution in [0.1, 0.15) is 37.0 Å². The molecule has 1 heterocycles. The molecule has 0 unspecified atom stereocenters. The van der Waals surface area contributed by atoms with Gasteiger partial charge >= 0.3 is 0 Å². The van der Waals surface area contributed by atoms with Crippen molar-refractivity contribution < 1.29 is 9.50 Å². The zero-order valence-electron chi connectivity index (χ0n) is 15.5. The molecular weight excluding hydrogens is 367 g/mol. The first-order valence-corrected chi connectivity index (χ1v) is 9.40. The molecule has 1 saturated carbocycles. The molecule has 2 aromatic rings. The van der Waals surface area contributed by atoms with Crippen molar-refractivity contribution in [2.75, 3.05) is 6.54 Å². The quantitative estimate of drug-likeness (QED) is 0.598. The number of aliphatic hydroxyl groups is 1. The second-order valence-corrected chi connectivity index (χ2v) is 7.47. The smallest absolute Gasteiger partial charge is 0.125 e. The number of allylic oxidation sites excluding steroid dienone is 1. The second-order valence-electron chi connectivity index (χ2n) is 7.10. The third kappa shape index (κ3) is 4.96. The van der Waals surface area contributed by atoms with Crippen molar-refractivity contribution in [2.24, 2.45) is 13.0 Å². The molecule has 7 heteroatoms. The predicted molar refractivity (Wildman–Crippen MR) is 105 cm³/mol. The highest BCUT2D eigenvalue weighted by atomic mass is 35.5. The molecule has 0 radical (unpaired) electrons. The number of aliphatic hydroxyl groups excluding tert-OH is 1. The maximum Gasteiger partial charge on any atom is 0.125 e. The van der Waals surface area contributed by atoms with Crippen molar-refractivity contribution in [3.05, 3.63) is 53.1 Å². The fourth-order valence-corrected chi connectivity index (χ4v) is 3.18. The summed E-state index contributed by atoms with van der Waals surface area (Å²) in [4.78, 5) is 0. The minimum absolute atomic E-state index is 0.0250. The fraction of sp³-hybridized carbons (Fsp3) is 0.400. The average Bonchev–Trinajstić information content (AvgIpc) is 3.35. The van der Waals surface area contributed by atoms with E-state index in [4.69, 9.17) is 17.0 Å². The summed E-state index contributed by atoms with van der Waals surface area (Å²) in [6, 6.07) is 4.32. The van der Waals surface area contributed by atoms with Gasteiger partial charge in [-0.1, -0.05) is 11.6 Å². The van der Waals surface area contributed by atoms with Gasteiger partial charge in [-0.15, -0.1) is 0 Å². The van der Waals surface area contributed by atoms with Crippen molar-refractivity contribution in [3.8, 4) is 11.3 Å². The van der Waals surface area contributed by atoms with Gasteiger partial charge in [0.05, 0.1) is 11.8 Å². The van der Waals surface area contributed by atoms with Gasteiger partial charge in [0, 0.05) is 49.1 Å². The summed E-state index contributed by atoms with van der Waals surface area (Å²) in [5.74, 6) is 0.313. The van der Waals surface area contributed by atoms with Crippen LogP contribution in [0.15, 0.2) is 36.2 Å². The number of hydrogen-bond donors (Lipinski definition) is 3. The fourth-order valence-electron chi connectivity index (χ4n) is 3.06. The van der Waals surface area contributed by atoms with Gasteiger partial charge in [-0.25, -0.2) is 4.39 Å². The Kier molecular flexibility index (Phi) is 5.97. The molecule has 1 atom stereocenters. The molecule has 144 valence electrons. The van der Waals surface area contributed by atoms with E-state index >= 15 is 0 Å². The van der Waals surface area contributed by atoms with Gasteiger partial charge in [0.1, 0.15) is 11.0 Å². The van der Waals surface area contributed by atoms with Gasteiger partial charge in [0.2, 0.25) is 0 Å². The monoisotopic (exact) mass is 390 g/mol. The number of aromatic nitrogens is 2. The molecule has 0 saturated heterocycles. The lowest BCUT2D eigenvalue weighted by molar-refractivity contribution is 0.199. The Morgan fingerprint density at radius 3 is 2.89 bits per heavy atom. The maximum atomic E-state index is 13.7. The van der Waals surface area contributed by atoms with Crippen LogP contribution in [0.4, 0.5) is 4.39 Å². The molecule has 1 aromatic heterocycles. The Balaban J connectivity index is 1.92. The Morgan fingerprint density at radius 2 is 2.26 bits per heavy atom. The van der Waals surface area contributed by atoms with Crippen LogP contribution >= 0.6 is 11.6 Å². The largest absolute Gasteiger partial charge is 0.390 e.